The Balaban J connectivity index is 2.01. The molecule has 4 nitrogen and oxygen atoms in total. The normalized spacial score (nSPS) is 12.5. The van der Waals surface area contributed by atoms with Crippen LogP contribution in [0.1, 0.15) is 37.1 Å². The van der Waals surface area contributed by atoms with Crippen LogP contribution in [0.15, 0.2) is 47.5 Å². The smallest absolute Gasteiger partial charge is 0.179 e. The Kier molecular flexibility index (Phi) is 5.53. The lowest BCUT2D eigenvalue weighted by molar-refractivity contribution is 0.101. The van der Waals surface area contributed by atoms with Crippen molar-refractivity contribution in [3.8, 4) is 15.4 Å². The highest BCUT2D eigenvalue weighted by molar-refractivity contribution is 7.84. The second kappa shape index (κ2) is 7.68. The summed E-state index contributed by atoms with van der Waals surface area (Å²) in [7, 11) is -1.00. The highest BCUT2D eigenvalue weighted by Crippen LogP contribution is 2.32. The summed E-state index contributed by atoms with van der Waals surface area (Å²) in [5, 5.41) is 1.03. The minimum absolute atomic E-state index is 0.0244. The molecule has 0 spiro atoms. The van der Waals surface area contributed by atoms with Crippen molar-refractivity contribution < 1.29 is 9.00 Å². The van der Waals surface area contributed by atoms with Crippen molar-refractivity contribution in [3.63, 3.8) is 0 Å². The van der Waals surface area contributed by atoms with Gasteiger partial charge in [0.15, 0.2) is 5.78 Å². The van der Waals surface area contributed by atoms with Gasteiger partial charge in [-0.15, -0.1) is 11.3 Å². The van der Waals surface area contributed by atoms with Crippen LogP contribution in [0, 0.1) is 5.92 Å². The number of carbonyl (C=O) groups excluding carboxylic acids is 1. The van der Waals surface area contributed by atoms with Crippen LogP contribution in [-0.2, 0) is 17.2 Å². The maximum atomic E-state index is 11.8. The van der Waals surface area contributed by atoms with E-state index in [-0.39, 0.29) is 5.78 Å². The summed E-state index contributed by atoms with van der Waals surface area (Å²) in [5.41, 5.74) is 1.55. The average Bonchev–Trinajstić information content (AvgIpc) is 3.21. The third-order valence-corrected chi connectivity index (χ3v) is 6.06. The third kappa shape index (κ3) is 4.02. The molecule has 1 aromatic carbocycles. The van der Waals surface area contributed by atoms with Gasteiger partial charge in [0.25, 0.3) is 0 Å². The number of benzene rings is 1. The van der Waals surface area contributed by atoms with Crippen LogP contribution in [0.3, 0.4) is 0 Å². The van der Waals surface area contributed by atoms with E-state index >= 15 is 0 Å². The molecule has 0 aliphatic carbocycles. The van der Waals surface area contributed by atoms with E-state index in [4.69, 9.17) is 0 Å². The number of hydrogen-bond donors (Lipinski definition) is 0. The largest absolute Gasteiger partial charge is 0.294 e. The zero-order valence-electron chi connectivity index (χ0n) is 15.4. The molecule has 6 heteroatoms. The van der Waals surface area contributed by atoms with Crippen LogP contribution in [-0.4, -0.2) is 25.8 Å². The summed E-state index contributed by atoms with van der Waals surface area (Å²) in [6.45, 7) is 5.83. The fraction of sp³-hybridized carbons (Fsp3) is 0.300. The molecule has 1 atom stereocenters. The van der Waals surface area contributed by atoms with E-state index in [2.05, 4.69) is 24.9 Å². The minimum Gasteiger partial charge on any atom is -0.294 e. The molecule has 3 rings (SSSR count). The molecule has 2 aromatic heterocycles. The van der Waals surface area contributed by atoms with Gasteiger partial charge in [0.2, 0.25) is 0 Å². The monoisotopic (exact) mass is 386 g/mol. The molecular weight excluding hydrogens is 364 g/mol. The number of aromatic nitrogens is 2. The fourth-order valence-corrected chi connectivity index (χ4v) is 4.29. The van der Waals surface area contributed by atoms with Crippen LogP contribution in [0.2, 0.25) is 0 Å². The molecule has 0 amide bonds. The first kappa shape index (κ1) is 18.7. The maximum Gasteiger partial charge on any atom is 0.179 e. The molecule has 0 bridgehead atoms. The molecule has 0 fully saturated rings. The predicted molar refractivity (Wildman–Crippen MR) is 108 cm³/mol. The minimum atomic E-state index is -1.00. The lowest BCUT2D eigenvalue weighted by Crippen LogP contribution is -2.03. The molecule has 0 saturated carbocycles. The molecule has 0 saturated heterocycles. The van der Waals surface area contributed by atoms with E-state index in [0.29, 0.717) is 11.6 Å². The first-order valence-electron chi connectivity index (χ1n) is 8.48. The van der Waals surface area contributed by atoms with Crippen molar-refractivity contribution in [1.29, 1.82) is 0 Å². The van der Waals surface area contributed by atoms with Crippen molar-refractivity contribution >= 4 is 27.9 Å². The van der Waals surface area contributed by atoms with E-state index in [1.165, 1.54) is 0 Å². The fourth-order valence-electron chi connectivity index (χ4n) is 2.73. The Morgan fingerprint density at radius 2 is 2.04 bits per heavy atom. The molecule has 1 unspecified atom stereocenters. The highest BCUT2D eigenvalue weighted by atomic mass is 32.2. The lowest BCUT2D eigenvalue weighted by Gasteiger charge is -2.07. The van der Waals surface area contributed by atoms with Crippen molar-refractivity contribution in [2.24, 2.45) is 5.92 Å². The van der Waals surface area contributed by atoms with E-state index in [1.807, 2.05) is 41.1 Å². The summed E-state index contributed by atoms with van der Waals surface area (Å²) in [6.07, 6.45) is 4.32. The van der Waals surface area contributed by atoms with Crippen LogP contribution in [0.25, 0.3) is 15.4 Å². The molecule has 0 aliphatic heterocycles. The van der Waals surface area contributed by atoms with E-state index in [0.717, 1.165) is 32.6 Å². The molecule has 0 radical (unpaired) electrons. The lowest BCUT2D eigenvalue weighted by atomic mass is 10.1. The second-order valence-electron chi connectivity index (χ2n) is 6.69. The number of rotatable bonds is 6. The zero-order valence-corrected chi connectivity index (χ0v) is 17.0. The van der Waals surface area contributed by atoms with Crippen LogP contribution >= 0.6 is 11.3 Å². The third-order valence-electron chi connectivity index (χ3n) is 4.01. The SMILES string of the molecule is CC(=O)c1cn(-c2ccc(-c3cccc(S(C)=O)c3)s2)c(CC(C)C)n1. The summed E-state index contributed by atoms with van der Waals surface area (Å²) >= 11 is 1.64. The van der Waals surface area contributed by atoms with Crippen molar-refractivity contribution in [2.75, 3.05) is 6.26 Å². The molecule has 0 aliphatic rings. The Bertz CT molecular complexity index is 970. The average molecular weight is 387 g/mol. The number of hydrogen-bond acceptors (Lipinski definition) is 4. The standard InChI is InChI=1S/C20H22N2O2S2/c1-13(2)10-19-21-17(14(3)23)12-22(19)20-9-8-18(25-20)15-6-5-7-16(11-15)26(4)24/h5-9,11-13H,10H2,1-4H3. The Morgan fingerprint density at radius 1 is 1.27 bits per heavy atom. The van der Waals surface area contributed by atoms with Gasteiger partial charge >= 0.3 is 0 Å². The van der Waals surface area contributed by atoms with Gasteiger partial charge in [0, 0.05) is 46.4 Å². The van der Waals surface area contributed by atoms with Gasteiger partial charge < -0.3 is 0 Å². The Morgan fingerprint density at radius 3 is 2.69 bits per heavy atom. The number of carbonyl (C=O) groups is 1. The van der Waals surface area contributed by atoms with Crippen LogP contribution in [0.5, 0.6) is 0 Å². The van der Waals surface area contributed by atoms with Gasteiger partial charge in [0.05, 0.1) is 0 Å². The van der Waals surface area contributed by atoms with Gasteiger partial charge in [-0.2, -0.15) is 0 Å². The summed E-state index contributed by atoms with van der Waals surface area (Å²) in [4.78, 5) is 18.2. The summed E-state index contributed by atoms with van der Waals surface area (Å²) < 4.78 is 13.8. The number of ketones is 1. The zero-order chi connectivity index (χ0) is 18.8. The maximum absolute atomic E-state index is 11.8. The predicted octanol–water partition coefficient (Wildman–Crippen LogP) is 4.74. The molecule has 3 aromatic rings. The van der Waals surface area contributed by atoms with Gasteiger partial charge in [0.1, 0.15) is 16.5 Å². The van der Waals surface area contributed by atoms with E-state index in [1.54, 1.807) is 24.5 Å². The highest BCUT2D eigenvalue weighted by Gasteiger charge is 2.15. The molecule has 0 N–H and O–H groups in total. The number of nitrogens with zero attached hydrogens (tertiary/aromatic N) is 2. The topological polar surface area (TPSA) is 52.0 Å². The van der Waals surface area contributed by atoms with Gasteiger partial charge in [-0.25, -0.2) is 4.98 Å². The van der Waals surface area contributed by atoms with Gasteiger partial charge in [-0.05, 0) is 35.7 Å². The van der Waals surface area contributed by atoms with Crippen LogP contribution < -0.4 is 0 Å². The van der Waals surface area contributed by atoms with Crippen molar-refractivity contribution in [1.82, 2.24) is 9.55 Å². The molecule has 2 heterocycles. The first-order valence-corrected chi connectivity index (χ1v) is 10.9. The van der Waals surface area contributed by atoms with Crippen molar-refractivity contribution in [2.45, 2.75) is 32.1 Å². The summed E-state index contributed by atoms with van der Waals surface area (Å²) in [5.74, 6) is 1.33. The molecule has 26 heavy (non-hydrogen) atoms. The van der Waals surface area contributed by atoms with Crippen LogP contribution in [0.4, 0.5) is 0 Å². The Labute approximate surface area is 160 Å². The quantitative estimate of drug-likeness (QED) is 0.575. The Hall–Kier alpha value is -2.05. The van der Waals surface area contributed by atoms with Crippen molar-refractivity contribution in [3.05, 3.63) is 54.1 Å². The number of Topliss-reactive ketones (excluding diaryl/α,β-unsaturated/α-hetero) is 1. The van der Waals surface area contributed by atoms with E-state index in [9.17, 15) is 9.00 Å². The number of thiophene rings is 1. The second-order valence-corrected chi connectivity index (χ2v) is 9.13. The first-order chi connectivity index (χ1) is 12.3. The molecular formula is C20H22N2O2S2. The van der Waals surface area contributed by atoms with Gasteiger partial charge in [-0.1, -0.05) is 26.0 Å². The molecule has 136 valence electrons. The number of imidazole rings is 1. The van der Waals surface area contributed by atoms with E-state index < -0.39 is 10.8 Å². The van der Waals surface area contributed by atoms with Gasteiger partial charge in [-0.3, -0.25) is 13.6 Å². The summed E-state index contributed by atoms with van der Waals surface area (Å²) in [6, 6.07) is 11.9.